The molecule has 2 N–H and O–H groups in total. The Bertz CT molecular complexity index is 445. The predicted octanol–water partition coefficient (Wildman–Crippen LogP) is 1.92. The monoisotopic (exact) mass is 266 g/mol. The Balaban J connectivity index is 1.83. The zero-order chi connectivity index (χ0) is 13.7. The molecule has 0 bridgehead atoms. The van der Waals surface area contributed by atoms with Crippen molar-refractivity contribution < 1.29 is 14.3 Å². The third kappa shape index (κ3) is 3.99. The number of halogens is 1. The summed E-state index contributed by atoms with van der Waals surface area (Å²) < 4.78 is 13.3. The molecule has 0 aliphatic heterocycles. The SMILES string of the molecule is O=C(CC1(O)CCCCC1)NCc1ncccc1F. The summed E-state index contributed by atoms with van der Waals surface area (Å²) in [5.74, 6) is -0.686. The zero-order valence-corrected chi connectivity index (χ0v) is 10.9. The molecule has 2 rings (SSSR count). The van der Waals surface area contributed by atoms with Gasteiger partial charge < -0.3 is 10.4 Å². The molecule has 1 aliphatic carbocycles. The number of carbonyl (C=O) groups is 1. The van der Waals surface area contributed by atoms with Crippen molar-refractivity contribution in [2.45, 2.75) is 50.7 Å². The highest BCUT2D eigenvalue weighted by Crippen LogP contribution is 2.30. The van der Waals surface area contributed by atoms with E-state index in [1.54, 1.807) is 0 Å². The van der Waals surface area contributed by atoms with Crippen LogP contribution in [0.1, 0.15) is 44.2 Å². The molecule has 19 heavy (non-hydrogen) atoms. The standard InChI is InChI=1S/C14H19FN2O2/c15-11-5-4-8-16-12(11)10-17-13(18)9-14(19)6-2-1-3-7-14/h4-5,8,19H,1-3,6-7,9-10H2,(H,17,18). The highest BCUT2D eigenvalue weighted by atomic mass is 19.1. The predicted molar refractivity (Wildman–Crippen MR) is 68.7 cm³/mol. The molecule has 0 aromatic carbocycles. The van der Waals surface area contributed by atoms with Crippen molar-refractivity contribution in [1.82, 2.24) is 10.3 Å². The number of hydrogen-bond acceptors (Lipinski definition) is 3. The van der Waals surface area contributed by atoms with Crippen molar-refractivity contribution >= 4 is 5.91 Å². The van der Waals surface area contributed by atoms with E-state index in [2.05, 4.69) is 10.3 Å². The first-order valence-electron chi connectivity index (χ1n) is 6.68. The fourth-order valence-electron chi connectivity index (χ4n) is 2.48. The van der Waals surface area contributed by atoms with Gasteiger partial charge in [-0.05, 0) is 25.0 Å². The van der Waals surface area contributed by atoms with E-state index in [1.165, 1.54) is 18.3 Å². The van der Waals surface area contributed by atoms with Crippen LogP contribution < -0.4 is 5.32 Å². The Hall–Kier alpha value is -1.49. The third-order valence-electron chi connectivity index (χ3n) is 3.56. The van der Waals surface area contributed by atoms with Gasteiger partial charge in [0.15, 0.2) is 0 Å². The van der Waals surface area contributed by atoms with E-state index < -0.39 is 11.4 Å². The Morgan fingerprint density at radius 2 is 2.16 bits per heavy atom. The molecule has 1 saturated carbocycles. The maximum absolute atomic E-state index is 13.3. The van der Waals surface area contributed by atoms with Gasteiger partial charge in [-0.1, -0.05) is 19.3 Å². The molecule has 1 fully saturated rings. The molecule has 1 heterocycles. The number of pyridine rings is 1. The molecule has 104 valence electrons. The molecule has 0 spiro atoms. The minimum absolute atomic E-state index is 0.0571. The Labute approximate surface area is 112 Å². The molecule has 1 aromatic rings. The number of nitrogens with one attached hydrogen (secondary N) is 1. The molecular formula is C14H19FN2O2. The quantitative estimate of drug-likeness (QED) is 0.875. The van der Waals surface area contributed by atoms with E-state index in [0.29, 0.717) is 12.8 Å². The van der Waals surface area contributed by atoms with E-state index in [0.717, 1.165) is 19.3 Å². The van der Waals surface area contributed by atoms with Crippen molar-refractivity contribution in [1.29, 1.82) is 0 Å². The van der Waals surface area contributed by atoms with Crippen LogP contribution >= 0.6 is 0 Å². The van der Waals surface area contributed by atoms with Crippen LogP contribution in [-0.2, 0) is 11.3 Å². The van der Waals surface area contributed by atoms with Gasteiger partial charge in [0.05, 0.1) is 24.3 Å². The van der Waals surface area contributed by atoms with Gasteiger partial charge in [0, 0.05) is 6.20 Å². The van der Waals surface area contributed by atoms with E-state index in [1.807, 2.05) is 0 Å². The van der Waals surface area contributed by atoms with Gasteiger partial charge in [0.2, 0.25) is 5.91 Å². The van der Waals surface area contributed by atoms with Crippen LogP contribution in [0, 0.1) is 5.82 Å². The third-order valence-corrected chi connectivity index (χ3v) is 3.56. The van der Waals surface area contributed by atoms with E-state index in [9.17, 15) is 14.3 Å². The Morgan fingerprint density at radius 1 is 1.42 bits per heavy atom. The summed E-state index contributed by atoms with van der Waals surface area (Å²) in [5.41, 5.74) is -0.670. The van der Waals surface area contributed by atoms with Crippen LogP contribution in [0.2, 0.25) is 0 Å². The number of amides is 1. The lowest BCUT2D eigenvalue weighted by Crippen LogP contribution is -2.38. The zero-order valence-electron chi connectivity index (χ0n) is 10.9. The summed E-state index contributed by atoms with van der Waals surface area (Å²) in [7, 11) is 0. The highest BCUT2D eigenvalue weighted by molar-refractivity contribution is 5.76. The molecule has 1 aliphatic rings. The van der Waals surface area contributed by atoms with Crippen LogP contribution in [0.25, 0.3) is 0 Å². The molecule has 0 atom stereocenters. The lowest BCUT2D eigenvalue weighted by molar-refractivity contribution is -0.127. The first-order chi connectivity index (χ1) is 9.09. The second-order valence-electron chi connectivity index (χ2n) is 5.17. The van der Waals surface area contributed by atoms with Crippen molar-refractivity contribution in [3.05, 3.63) is 29.8 Å². The van der Waals surface area contributed by atoms with Crippen LogP contribution in [0.3, 0.4) is 0 Å². The van der Waals surface area contributed by atoms with Crippen LogP contribution in [0.5, 0.6) is 0 Å². The van der Waals surface area contributed by atoms with Crippen molar-refractivity contribution in [2.24, 2.45) is 0 Å². The molecule has 4 nitrogen and oxygen atoms in total. The van der Waals surface area contributed by atoms with E-state index in [4.69, 9.17) is 0 Å². The Kier molecular flexibility index (Phi) is 4.47. The second kappa shape index (κ2) is 6.10. The lowest BCUT2D eigenvalue weighted by Gasteiger charge is -2.31. The van der Waals surface area contributed by atoms with Gasteiger partial charge in [0.25, 0.3) is 0 Å². The number of carbonyl (C=O) groups excluding carboxylic acids is 1. The summed E-state index contributed by atoms with van der Waals surface area (Å²) in [4.78, 5) is 15.6. The average Bonchev–Trinajstić information content (AvgIpc) is 2.38. The van der Waals surface area contributed by atoms with Gasteiger partial charge in [-0.3, -0.25) is 9.78 Å². The van der Waals surface area contributed by atoms with Crippen molar-refractivity contribution in [3.8, 4) is 0 Å². The van der Waals surface area contributed by atoms with Crippen LogP contribution in [0.15, 0.2) is 18.3 Å². The second-order valence-corrected chi connectivity index (χ2v) is 5.17. The first kappa shape index (κ1) is 13.9. The summed E-state index contributed by atoms with van der Waals surface area (Å²) in [6, 6.07) is 2.81. The number of rotatable bonds is 4. The van der Waals surface area contributed by atoms with Gasteiger partial charge in [-0.25, -0.2) is 4.39 Å². The summed E-state index contributed by atoms with van der Waals surface area (Å²) in [6.07, 6.45) is 5.93. The lowest BCUT2D eigenvalue weighted by atomic mass is 9.82. The number of nitrogens with zero attached hydrogens (tertiary/aromatic N) is 1. The molecule has 5 heteroatoms. The summed E-state index contributed by atoms with van der Waals surface area (Å²) >= 11 is 0. The molecular weight excluding hydrogens is 247 g/mol. The van der Waals surface area contributed by atoms with E-state index >= 15 is 0 Å². The minimum atomic E-state index is -0.884. The smallest absolute Gasteiger partial charge is 0.223 e. The van der Waals surface area contributed by atoms with Gasteiger partial charge in [0.1, 0.15) is 5.82 Å². The number of hydrogen-bond donors (Lipinski definition) is 2. The molecule has 0 unspecified atom stereocenters. The normalized spacial score (nSPS) is 18.0. The largest absolute Gasteiger partial charge is 0.389 e. The summed E-state index contributed by atoms with van der Waals surface area (Å²) in [5, 5.41) is 12.9. The minimum Gasteiger partial charge on any atom is -0.389 e. The number of aromatic nitrogens is 1. The van der Waals surface area contributed by atoms with Gasteiger partial charge in [-0.15, -0.1) is 0 Å². The maximum Gasteiger partial charge on any atom is 0.223 e. The van der Waals surface area contributed by atoms with Crippen LogP contribution in [0.4, 0.5) is 4.39 Å². The highest BCUT2D eigenvalue weighted by Gasteiger charge is 2.31. The maximum atomic E-state index is 13.3. The fourth-order valence-corrected chi connectivity index (χ4v) is 2.48. The molecule has 1 aromatic heterocycles. The van der Waals surface area contributed by atoms with E-state index in [-0.39, 0.29) is 24.6 Å². The van der Waals surface area contributed by atoms with Gasteiger partial charge >= 0.3 is 0 Å². The number of aliphatic hydroxyl groups is 1. The topological polar surface area (TPSA) is 62.2 Å². The van der Waals surface area contributed by atoms with Crippen molar-refractivity contribution in [3.63, 3.8) is 0 Å². The van der Waals surface area contributed by atoms with Gasteiger partial charge in [-0.2, -0.15) is 0 Å². The Morgan fingerprint density at radius 3 is 2.84 bits per heavy atom. The average molecular weight is 266 g/mol. The fraction of sp³-hybridized carbons (Fsp3) is 0.571. The van der Waals surface area contributed by atoms with Crippen molar-refractivity contribution in [2.75, 3.05) is 0 Å². The summed E-state index contributed by atoms with van der Waals surface area (Å²) in [6.45, 7) is 0.0571. The van der Waals surface area contributed by atoms with Crippen LogP contribution in [-0.4, -0.2) is 21.6 Å². The molecule has 1 amide bonds. The molecule has 0 radical (unpaired) electrons. The first-order valence-corrected chi connectivity index (χ1v) is 6.68. The molecule has 0 saturated heterocycles.